The van der Waals surface area contributed by atoms with Gasteiger partial charge in [0.1, 0.15) is 11.6 Å². The Morgan fingerprint density at radius 1 is 1.11 bits per heavy atom. The molecule has 3 rings (SSSR count). The molecule has 1 atom stereocenters. The van der Waals surface area contributed by atoms with Crippen LogP contribution >= 0.6 is 0 Å². The Bertz CT molecular complexity index is 917. The van der Waals surface area contributed by atoms with Crippen LogP contribution in [0.1, 0.15) is 13.3 Å². The normalized spacial score (nSPS) is 16.3. The average Bonchev–Trinajstić information content (AvgIpc) is 2.99. The van der Waals surface area contributed by atoms with Gasteiger partial charge in [-0.25, -0.2) is 8.78 Å². The Kier molecular flexibility index (Phi) is 5.16. The molecule has 140 valence electrons. The van der Waals surface area contributed by atoms with Gasteiger partial charge >= 0.3 is 0 Å². The van der Waals surface area contributed by atoms with Crippen molar-refractivity contribution in [2.75, 3.05) is 22.1 Å². The zero-order valence-corrected chi connectivity index (χ0v) is 14.5. The molecule has 0 spiro atoms. The van der Waals surface area contributed by atoms with Crippen LogP contribution in [0.25, 0.3) is 0 Å². The Morgan fingerprint density at radius 2 is 1.89 bits per heavy atom. The second kappa shape index (κ2) is 7.53. The maximum absolute atomic E-state index is 13.7. The number of carbonyl (C=O) groups is 3. The minimum absolute atomic E-state index is 0.0288. The summed E-state index contributed by atoms with van der Waals surface area (Å²) in [4.78, 5) is 37.3. The number of benzene rings is 2. The van der Waals surface area contributed by atoms with Crippen LogP contribution in [0.2, 0.25) is 0 Å². The van der Waals surface area contributed by atoms with E-state index in [4.69, 9.17) is 0 Å². The number of hydrogen-bond acceptors (Lipinski definition) is 3. The minimum Gasteiger partial charge on any atom is -0.326 e. The Hall–Kier alpha value is -3.29. The number of rotatable bonds is 4. The predicted octanol–water partition coefficient (Wildman–Crippen LogP) is 2.91. The summed E-state index contributed by atoms with van der Waals surface area (Å²) in [6, 6.07) is 9.56. The molecule has 2 aromatic carbocycles. The first-order valence-electron chi connectivity index (χ1n) is 8.27. The molecular formula is C19H17F2N3O3. The van der Waals surface area contributed by atoms with Crippen molar-refractivity contribution in [1.82, 2.24) is 0 Å². The van der Waals surface area contributed by atoms with Crippen LogP contribution in [-0.4, -0.2) is 24.3 Å². The monoisotopic (exact) mass is 373 g/mol. The highest BCUT2D eigenvalue weighted by molar-refractivity contribution is 6.04. The van der Waals surface area contributed by atoms with Gasteiger partial charge < -0.3 is 15.5 Å². The number of nitrogens with zero attached hydrogens (tertiary/aromatic N) is 1. The zero-order valence-electron chi connectivity index (χ0n) is 14.5. The second-order valence-electron chi connectivity index (χ2n) is 6.25. The molecule has 1 saturated heterocycles. The standard InChI is InChI=1S/C19H17F2N3O3/c1-11(25)22-14-3-2-4-15(9-14)24-10-12(7-18(24)26)19(27)23-17-6-5-13(20)8-16(17)21/h2-6,8-9,12H,7,10H2,1H3,(H,22,25)(H,23,27). The van der Waals surface area contributed by atoms with E-state index in [1.165, 1.54) is 11.8 Å². The maximum atomic E-state index is 13.7. The predicted molar refractivity (Wildman–Crippen MR) is 96.2 cm³/mol. The first-order valence-corrected chi connectivity index (χ1v) is 8.27. The quantitative estimate of drug-likeness (QED) is 0.865. The molecule has 0 aliphatic carbocycles. The SMILES string of the molecule is CC(=O)Nc1cccc(N2CC(C(=O)Nc3ccc(F)cc3F)CC2=O)c1. The van der Waals surface area contributed by atoms with Crippen LogP contribution in [-0.2, 0) is 14.4 Å². The lowest BCUT2D eigenvalue weighted by molar-refractivity contribution is -0.122. The topological polar surface area (TPSA) is 78.5 Å². The van der Waals surface area contributed by atoms with E-state index >= 15 is 0 Å². The maximum Gasteiger partial charge on any atom is 0.229 e. The number of hydrogen-bond donors (Lipinski definition) is 2. The molecule has 0 bridgehead atoms. The number of carbonyl (C=O) groups excluding carboxylic acids is 3. The largest absolute Gasteiger partial charge is 0.326 e. The van der Waals surface area contributed by atoms with Crippen LogP contribution in [0.3, 0.4) is 0 Å². The fourth-order valence-corrected chi connectivity index (χ4v) is 2.91. The molecule has 1 aliphatic heterocycles. The van der Waals surface area contributed by atoms with E-state index in [0.29, 0.717) is 17.4 Å². The molecule has 2 N–H and O–H groups in total. The van der Waals surface area contributed by atoms with Crippen LogP contribution in [0.4, 0.5) is 25.8 Å². The highest BCUT2D eigenvalue weighted by atomic mass is 19.1. The molecule has 1 unspecified atom stereocenters. The summed E-state index contributed by atoms with van der Waals surface area (Å²) in [5.41, 5.74) is 0.948. The number of anilines is 3. The van der Waals surface area contributed by atoms with E-state index in [2.05, 4.69) is 10.6 Å². The third-order valence-corrected chi connectivity index (χ3v) is 4.16. The fraction of sp³-hybridized carbons (Fsp3) is 0.211. The molecule has 2 aromatic rings. The summed E-state index contributed by atoms with van der Waals surface area (Å²) in [5, 5.41) is 5.03. The number of halogens is 2. The van der Waals surface area contributed by atoms with Crippen molar-refractivity contribution in [2.24, 2.45) is 5.92 Å². The molecule has 1 aliphatic rings. The highest BCUT2D eigenvalue weighted by Crippen LogP contribution is 2.28. The van der Waals surface area contributed by atoms with Gasteiger partial charge in [0.2, 0.25) is 17.7 Å². The Balaban J connectivity index is 1.71. The molecule has 0 aromatic heterocycles. The summed E-state index contributed by atoms with van der Waals surface area (Å²) >= 11 is 0. The molecule has 3 amide bonds. The summed E-state index contributed by atoms with van der Waals surface area (Å²) in [5.74, 6) is -3.31. The number of nitrogens with one attached hydrogen (secondary N) is 2. The molecular weight excluding hydrogens is 356 g/mol. The molecule has 6 nitrogen and oxygen atoms in total. The molecule has 27 heavy (non-hydrogen) atoms. The average molecular weight is 373 g/mol. The van der Waals surface area contributed by atoms with Crippen LogP contribution < -0.4 is 15.5 Å². The van der Waals surface area contributed by atoms with Crippen LogP contribution in [0, 0.1) is 17.6 Å². The fourth-order valence-electron chi connectivity index (χ4n) is 2.91. The van der Waals surface area contributed by atoms with E-state index in [1.807, 2.05) is 0 Å². The summed E-state index contributed by atoms with van der Waals surface area (Å²) in [7, 11) is 0. The first kappa shape index (κ1) is 18.5. The van der Waals surface area contributed by atoms with Gasteiger partial charge in [-0.1, -0.05) is 6.07 Å². The molecule has 0 radical (unpaired) electrons. The van der Waals surface area contributed by atoms with Crippen molar-refractivity contribution < 1.29 is 23.2 Å². The van der Waals surface area contributed by atoms with Crippen molar-refractivity contribution >= 4 is 34.8 Å². The highest BCUT2D eigenvalue weighted by Gasteiger charge is 2.35. The van der Waals surface area contributed by atoms with Gasteiger partial charge in [-0.3, -0.25) is 14.4 Å². The van der Waals surface area contributed by atoms with Gasteiger partial charge in [0.05, 0.1) is 11.6 Å². The lowest BCUT2D eigenvalue weighted by Gasteiger charge is -2.18. The van der Waals surface area contributed by atoms with Crippen LogP contribution in [0.5, 0.6) is 0 Å². The van der Waals surface area contributed by atoms with Crippen molar-refractivity contribution in [3.8, 4) is 0 Å². The van der Waals surface area contributed by atoms with Crippen LogP contribution in [0.15, 0.2) is 42.5 Å². The van der Waals surface area contributed by atoms with E-state index in [0.717, 1.165) is 12.1 Å². The molecule has 1 fully saturated rings. The zero-order chi connectivity index (χ0) is 19.6. The molecule has 0 saturated carbocycles. The second-order valence-corrected chi connectivity index (χ2v) is 6.25. The molecule has 8 heteroatoms. The van der Waals surface area contributed by atoms with E-state index in [1.54, 1.807) is 24.3 Å². The summed E-state index contributed by atoms with van der Waals surface area (Å²) in [6.45, 7) is 1.50. The van der Waals surface area contributed by atoms with Crippen molar-refractivity contribution in [3.05, 3.63) is 54.1 Å². The van der Waals surface area contributed by atoms with Gasteiger partial charge in [-0.15, -0.1) is 0 Å². The van der Waals surface area contributed by atoms with Gasteiger partial charge in [-0.2, -0.15) is 0 Å². The van der Waals surface area contributed by atoms with Gasteiger partial charge in [0, 0.05) is 37.3 Å². The lowest BCUT2D eigenvalue weighted by Crippen LogP contribution is -2.28. The van der Waals surface area contributed by atoms with E-state index in [-0.39, 0.29) is 30.5 Å². The molecule has 1 heterocycles. The summed E-state index contributed by atoms with van der Waals surface area (Å²) < 4.78 is 26.7. The van der Waals surface area contributed by atoms with Crippen molar-refractivity contribution in [2.45, 2.75) is 13.3 Å². The smallest absolute Gasteiger partial charge is 0.229 e. The van der Waals surface area contributed by atoms with E-state index < -0.39 is 23.5 Å². The minimum atomic E-state index is -0.882. The third-order valence-electron chi connectivity index (χ3n) is 4.16. The Labute approximate surface area is 154 Å². The number of amides is 3. The van der Waals surface area contributed by atoms with E-state index in [9.17, 15) is 23.2 Å². The lowest BCUT2D eigenvalue weighted by atomic mass is 10.1. The van der Waals surface area contributed by atoms with Gasteiger partial charge in [-0.05, 0) is 30.3 Å². The van der Waals surface area contributed by atoms with Gasteiger partial charge in [0.15, 0.2) is 0 Å². The third kappa shape index (κ3) is 4.28. The van der Waals surface area contributed by atoms with Crippen molar-refractivity contribution in [1.29, 1.82) is 0 Å². The first-order chi connectivity index (χ1) is 12.8. The summed E-state index contributed by atoms with van der Waals surface area (Å²) in [6.07, 6.45) is -0.0288. The Morgan fingerprint density at radius 3 is 2.59 bits per heavy atom. The van der Waals surface area contributed by atoms with Gasteiger partial charge in [0.25, 0.3) is 0 Å². The van der Waals surface area contributed by atoms with Crippen molar-refractivity contribution in [3.63, 3.8) is 0 Å².